The molecule has 0 saturated carbocycles. The molecule has 0 saturated heterocycles. The molecule has 7 heteroatoms. The minimum atomic E-state index is -0.437. The van der Waals surface area contributed by atoms with Crippen LogP contribution in [0.1, 0.15) is 24.9 Å². The summed E-state index contributed by atoms with van der Waals surface area (Å²) in [5, 5.41) is 0. The summed E-state index contributed by atoms with van der Waals surface area (Å²) < 4.78 is 16.2. The van der Waals surface area contributed by atoms with Crippen molar-refractivity contribution < 1.29 is 19.0 Å². The highest BCUT2D eigenvalue weighted by Gasteiger charge is 2.21. The first-order chi connectivity index (χ1) is 8.61. The predicted molar refractivity (Wildman–Crippen MR) is 75.7 cm³/mol. The zero-order valence-electron chi connectivity index (χ0n) is 10.3. The van der Waals surface area contributed by atoms with Gasteiger partial charge in [0.05, 0.1) is 13.0 Å². The number of esters is 1. The molecule has 1 aromatic carbocycles. The van der Waals surface area contributed by atoms with Gasteiger partial charge >= 0.3 is 5.97 Å². The van der Waals surface area contributed by atoms with Crippen molar-refractivity contribution >= 4 is 34.3 Å². The Kier molecular flexibility index (Phi) is 5.90. The molecule has 0 amide bonds. The summed E-state index contributed by atoms with van der Waals surface area (Å²) in [6.45, 7) is 2.33. The van der Waals surface area contributed by atoms with Gasteiger partial charge in [-0.3, -0.25) is 4.79 Å². The lowest BCUT2D eigenvalue weighted by molar-refractivity contribution is -0.143. The molecule has 0 aliphatic carbocycles. The lowest BCUT2D eigenvalue weighted by atomic mass is 10.0. The number of carbonyl (C=O) groups is 1. The van der Waals surface area contributed by atoms with Gasteiger partial charge in [0.15, 0.2) is 11.5 Å². The average Bonchev–Trinajstić information content (AvgIpc) is 2.74. The maximum absolute atomic E-state index is 11.4. The van der Waals surface area contributed by atoms with Crippen molar-refractivity contribution in [3.63, 3.8) is 0 Å². The Morgan fingerprint density at radius 3 is 2.74 bits per heavy atom. The first-order valence-corrected chi connectivity index (χ1v) is 6.41. The van der Waals surface area contributed by atoms with Crippen LogP contribution >= 0.6 is 28.3 Å². The Morgan fingerprint density at radius 2 is 2.11 bits per heavy atom. The molecule has 1 aliphatic rings. The molecule has 1 atom stereocenters. The Morgan fingerprint density at radius 1 is 1.47 bits per heavy atom. The number of benzene rings is 1. The van der Waals surface area contributed by atoms with E-state index in [0.717, 1.165) is 10.0 Å². The molecule has 19 heavy (non-hydrogen) atoms. The highest BCUT2D eigenvalue weighted by Crippen LogP contribution is 2.39. The van der Waals surface area contributed by atoms with Crippen molar-refractivity contribution in [2.75, 3.05) is 13.4 Å². The van der Waals surface area contributed by atoms with E-state index in [1.807, 2.05) is 0 Å². The molecule has 1 aliphatic heterocycles. The topological polar surface area (TPSA) is 70.8 Å². The fourth-order valence-electron chi connectivity index (χ4n) is 1.73. The molecule has 2 N–H and O–H groups in total. The van der Waals surface area contributed by atoms with Crippen LogP contribution in [0.15, 0.2) is 16.6 Å². The molecule has 0 unspecified atom stereocenters. The van der Waals surface area contributed by atoms with Crippen molar-refractivity contribution in [1.82, 2.24) is 0 Å². The van der Waals surface area contributed by atoms with Gasteiger partial charge in [0.25, 0.3) is 0 Å². The molecule has 0 aromatic heterocycles. The predicted octanol–water partition coefficient (Wildman–Crippen LogP) is 2.55. The molecule has 0 fully saturated rings. The largest absolute Gasteiger partial charge is 0.466 e. The van der Waals surface area contributed by atoms with Crippen molar-refractivity contribution in [2.45, 2.75) is 19.4 Å². The quantitative estimate of drug-likeness (QED) is 0.843. The minimum absolute atomic E-state index is 0. The maximum Gasteiger partial charge on any atom is 0.307 e. The Bertz CT molecular complexity index is 469. The van der Waals surface area contributed by atoms with Crippen LogP contribution in [0, 0.1) is 0 Å². The molecular weight excluding hydrogens is 337 g/mol. The van der Waals surface area contributed by atoms with Gasteiger partial charge in [-0.2, -0.15) is 0 Å². The average molecular weight is 353 g/mol. The van der Waals surface area contributed by atoms with Gasteiger partial charge in [0.1, 0.15) is 0 Å². The summed E-state index contributed by atoms with van der Waals surface area (Å²) in [5.41, 5.74) is 6.79. The highest BCUT2D eigenvalue weighted by molar-refractivity contribution is 9.10. The van der Waals surface area contributed by atoms with Gasteiger partial charge in [0.2, 0.25) is 6.79 Å². The van der Waals surface area contributed by atoms with E-state index in [9.17, 15) is 4.79 Å². The Labute approximate surface area is 125 Å². The van der Waals surface area contributed by atoms with Crippen LogP contribution in [0.4, 0.5) is 0 Å². The van der Waals surface area contributed by atoms with Crippen molar-refractivity contribution in [3.8, 4) is 11.5 Å². The lowest BCUT2D eigenvalue weighted by Gasteiger charge is -2.13. The number of hydrogen-bond acceptors (Lipinski definition) is 5. The molecule has 2 rings (SSSR count). The van der Waals surface area contributed by atoms with Crippen molar-refractivity contribution in [1.29, 1.82) is 0 Å². The Balaban J connectivity index is 0.00000180. The molecule has 1 heterocycles. The van der Waals surface area contributed by atoms with Crippen LogP contribution < -0.4 is 15.2 Å². The number of ether oxygens (including phenoxy) is 3. The third-order valence-electron chi connectivity index (χ3n) is 2.58. The zero-order chi connectivity index (χ0) is 13.1. The molecule has 106 valence electrons. The number of fused-ring (bicyclic) bond motifs is 1. The second-order valence-corrected chi connectivity index (χ2v) is 4.70. The summed E-state index contributed by atoms with van der Waals surface area (Å²) in [6.07, 6.45) is 0.131. The summed E-state index contributed by atoms with van der Waals surface area (Å²) in [6, 6.07) is 3.15. The minimum Gasteiger partial charge on any atom is -0.466 e. The number of halogens is 2. The normalized spacial score (nSPS) is 13.6. The second-order valence-electron chi connectivity index (χ2n) is 3.84. The van der Waals surface area contributed by atoms with E-state index >= 15 is 0 Å². The van der Waals surface area contributed by atoms with Gasteiger partial charge < -0.3 is 19.9 Å². The highest BCUT2D eigenvalue weighted by atomic mass is 79.9. The van der Waals surface area contributed by atoms with E-state index in [4.69, 9.17) is 19.9 Å². The molecule has 0 spiro atoms. The number of hydrogen-bond donors (Lipinski definition) is 1. The second kappa shape index (κ2) is 6.98. The Hall–Kier alpha value is -0.980. The third kappa shape index (κ3) is 3.75. The molecule has 1 aromatic rings. The third-order valence-corrected chi connectivity index (χ3v) is 3.27. The smallest absolute Gasteiger partial charge is 0.307 e. The van der Waals surface area contributed by atoms with E-state index in [1.165, 1.54) is 0 Å². The fourth-order valence-corrected chi connectivity index (χ4v) is 2.34. The molecular formula is C12H15BrClNO4. The van der Waals surface area contributed by atoms with Crippen LogP contribution in [0.3, 0.4) is 0 Å². The number of carbonyl (C=O) groups excluding carboxylic acids is 1. The van der Waals surface area contributed by atoms with E-state index < -0.39 is 6.04 Å². The van der Waals surface area contributed by atoms with Crippen LogP contribution in [-0.2, 0) is 9.53 Å². The molecule has 0 radical (unpaired) electrons. The maximum atomic E-state index is 11.4. The molecule has 5 nitrogen and oxygen atoms in total. The number of nitrogens with two attached hydrogens (primary N) is 1. The fraction of sp³-hybridized carbons (Fsp3) is 0.417. The van der Waals surface area contributed by atoms with Crippen molar-refractivity contribution in [3.05, 3.63) is 22.2 Å². The lowest BCUT2D eigenvalue weighted by Crippen LogP contribution is -2.17. The molecule has 0 bridgehead atoms. The monoisotopic (exact) mass is 351 g/mol. The first-order valence-electron chi connectivity index (χ1n) is 5.62. The summed E-state index contributed by atoms with van der Waals surface area (Å²) in [7, 11) is 0. The first kappa shape index (κ1) is 16.1. The van der Waals surface area contributed by atoms with Crippen LogP contribution in [0.25, 0.3) is 0 Å². The van der Waals surface area contributed by atoms with Crippen LogP contribution in [0.5, 0.6) is 11.5 Å². The van der Waals surface area contributed by atoms with E-state index in [-0.39, 0.29) is 31.6 Å². The van der Waals surface area contributed by atoms with Crippen LogP contribution in [-0.4, -0.2) is 19.4 Å². The van der Waals surface area contributed by atoms with Crippen molar-refractivity contribution in [2.24, 2.45) is 5.73 Å². The van der Waals surface area contributed by atoms with Crippen LogP contribution in [0.2, 0.25) is 0 Å². The zero-order valence-corrected chi connectivity index (χ0v) is 12.8. The summed E-state index contributed by atoms with van der Waals surface area (Å²) in [4.78, 5) is 11.4. The van der Waals surface area contributed by atoms with Gasteiger partial charge in [-0.15, -0.1) is 12.4 Å². The SMILES string of the molecule is CCOC(=O)C[C@@H](N)c1cc2c(cc1Br)OCO2.Cl. The van der Waals surface area contributed by atoms with Gasteiger partial charge in [-0.05, 0) is 24.6 Å². The van der Waals surface area contributed by atoms with E-state index in [1.54, 1.807) is 19.1 Å². The summed E-state index contributed by atoms with van der Waals surface area (Å²) >= 11 is 3.41. The van der Waals surface area contributed by atoms with Gasteiger partial charge in [-0.25, -0.2) is 0 Å². The van der Waals surface area contributed by atoms with E-state index in [0.29, 0.717) is 18.1 Å². The van der Waals surface area contributed by atoms with E-state index in [2.05, 4.69) is 15.9 Å². The standard InChI is InChI=1S/C12H14BrNO4.ClH/c1-2-16-12(15)5-9(14)7-3-10-11(4-8(7)13)18-6-17-10;/h3-4,9H,2,5-6,14H2,1H3;1H/t9-;/m1./s1. The number of rotatable bonds is 4. The van der Waals surface area contributed by atoms with Gasteiger partial charge in [0, 0.05) is 10.5 Å². The van der Waals surface area contributed by atoms with Gasteiger partial charge in [-0.1, -0.05) is 15.9 Å². The summed E-state index contributed by atoms with van der Waals surface area (Å²) in [5.74, 6) is 1.01.